The molecule has 6 nitrogen and oxygen atoms in total. The molecule has 2 unspecified atom stereocenters. The molecular formula is C14H17N3O3. The van der Waals surface area contributed by atoms with Gasteiger partial charge in [0.2, 0.25) is 0 Å². The molecule has 106 valence electrons. The number of nitrogens with zero attached hydrogens (tertiary/aromatic N) is 1. The van der Waals surface area contributed by atoms with E-state index in [-0.39, 0.29) is 17.7 Å². The fourth-order valence-electron chi connectivity index (χ4n) is 2.50. The van der Waals surface area contributed by atoms with Crippen molar-refractivity contribution in [1.29, 1.82) is 0 Å². The van der Waals surface area contributed by atoms with Gasteiger partial charge in [0.25, 0.3) is 5.91 Å². The lowest BCUT2D eigenvalue weighted by atomic mass is 10.1. The van der Waals surface area contributed by atoms with Gasteiger partial charge in [-0.2, -0.15) is 0 Å². The van der Waals surface area contributed by atoms with Crippen LogP contribution in [0.15, 0.2) is 29.4 Å². The number of amidine groups is 1. The zero-order valence-electron chi connectivity index (χ0n) is 11.0. The van der Waals surface area contributed by atoms with Gasteiger partial charge in [0.1, 0.15) is 5.75 Å². The Kier molecular flexibility index (Phi) is 3.22. The lowest BCUT2D eigenvalue weighted by molar-refractivity contribution is -0.127. The summed E-state index contributed by atoms with van der Waals surface area (Å²) in [5.41, 5.74) is 6.66. The second kappa shape index (κ2) is 5.03. The minimum atomic E-state index is -0.542. The molecule has 0 bridgehead atoms. The van der Waals surface area contributed by atoms with E-state index in [4.69, 9.17) is 15.7 Å². The number of oxime groups is 1. The van der Waals surface area contributed by atoms with Crippen LogP contribution in [0.5, 0.6) is 5.75 Å². The zero-order chi connectivity index (χ0) is 14.1. The first-order chi connectivity index (χ1) is 9.69. The molecule has 6 heteroatoms. The predicted molar refractivity (Wildman–Crippen MR) is 72.6 cm³/mol. The van der Waals surface area contributed by atoms with Crippen LogP contribution >= 0.6 is 0 Å². The zero-order valence-corrected chi connectivity index (χ0v) is 11.0. The van der Waals surface area contributed by atoms with Crippen LogP contribution in [0.2, 0.25) is 0 Å². The van der Waals surface area contributed by atoms with E-state index < -0.39 is 12.1 Å². The molecule has 0 aromatic heterocycles. The van der Waals surface area contributed by atoms with Crippen molar-refractivity contribution >= 4 is 11.7 Å². The molecule has 0 spiro atoms. The van der Waals surface area contributed by atoms with Crippen molar-refractivity contribution in [2.75, 3.05) is 0 Å². The Bertz CT molecular complexity index is 529. The van der Waals surface area contributed by atoms with E-state index in [9.17, 15) is 4.79 Å². The Morgan fingerprint density at radius 1 is 1.45 bits per heavy atom. The largest absolute Gasteiger partial charge is 0.480 e. The summed E-state index contributed by atoms with van der Waals surface area (Å²) in [5, 5.41) is 14.6. The number of nitrogens with two attached hydrogens (primary N) is 1. The Morgan fingerprint density at radius 2 is 2.20 bits per heavy atom. The van der Waals surface area contributed by atoms with Gasteiger partial charge in [0.05, 0.1) is 6.04 Å². The Balaban J connectivity index is 1.66. The van der Waals surface area contributed by atoms with Gasteiger partial charge in [-0.1, -0.05) is 23.4 Å². The summed E-state index contributed by atoms with van der Waals surface area (Å²) in [5.74, 6) is 0.846. The van der Waals surface area contributed by atoms with Crippen LogP contribution in [0.1, 0.15) is 18.4 Å². The molecule has 20 heavy (non-hydrogen) atoms. The summed E-state index contributed by atoms with van der Waals surface area (Å²) in [6.07, 6.45) is 1.97. The monoisotopic (exact) mass is 275 g/mol. The molecule has 1 saturated carbocycles. The van der Waals surface area contributed by atoms with E-state index in [2.05, 4.69) is 10.5 Å². The number of ether oxygens (including phenoxy) is 1. The summed E-state index contributed by atoms with van der Waals surface area (Å²) < 4.78 is 5.63. The highest BCUT2D eigenvalue weighted by atomic mass is 16.5. The maximum Gasteiger partial charge on any atom is 0.262 e. The Labute approximate surface area is 116 Å². The van der Waals surface area contributed by atoms with Gasteiger partial charge in [-0.15, -0.1) is 0 Å². The molecule has 1 aliphatic carbocycles. The third-order valence-corrected chi connectivity index (χ3v) is 3.76. The van der Waals surface area contributed by atoms with E-state index >= 15 is 0 Å². The standard InChI is InChI=1S/C14H17N3O3/c15-13(17-19)12(8-5-6-8)16-14(18)11-7-9-3-1-2-4-10(9)20-11/h1-4,8,11-12,19H,5-7H2,(H2,15,17)(H,16,18). The molecule has 1 heterocycles. The first kappa shape index (κ1) is 12.8. The average molecular weight is 275 g/mol. The molecule has 3 rings (SSSR count). The van der Waals surface area contributed by atoms with Crippen molar-refractivity contribution in [3.05, 3.63) is 29.8 Å². The number of fused-ring (bicyclic) bond motifs is 1. The third-order valence-electron chi connectivity index (χ3n) is 3.76. The van der Waals surface area contributed by atoms with Crippen LogP contribution in [0.3, 0.4) is 0 Å². The molecule has 2 atom stereocenters. The number of carbonyl (C=O) groups is 1. The van der Waals surface area contributed by atoms with Gasteiger partial charge in [0, 0.05) is 6.42 Å². The summed E-state index contributed by atoms with van der Waals surface area (Å²) >= 11 is 0. The number of nitrogens with one attached hydrogen (secondary N) is 1. The molecule has 0 saturated heterocycles. The minimum absolute atomic E-state index is 0.0522. The average Bonchev–Trinajstić information content (AvgIpc) is 3.21. The Hall–Kier alpha value is -2.24. The summed E-state index contributed by atoms with van der Waals surface area (Å²) in [6.45, 7) is 0. The van der Waals surface area contributed by atoms with Crippen LogP contribution in [0.25, 0.3) is 0 Å². The lowest BCUT2D eigenvalue weighted by Crippen LogP contribution is -2.50. The number of para-hydroxylation sites is 1. The molecule has 1 aromatic carbocycles. The van der Waals surface area contributed by atoms with E-state index in [1.807, 2.05) is 24.3 Å². The topological polar surface area (TPSA) is 96.9 Å². The normalized spacial score (nSPS) is 22.8. The van der Waals surface area contributed by atoms with Crippen LogP contribution in [0.4, 0.5) is 0 Å². The predicted octanol–water partition coefficient (Wildman–Crippen LogP) is 0.631. The van der Waals surface area contributed by atoms with Crippen LogP contribution < -0.4 is 15.8 Å². The molecule has 2 aliphatic rings. The highest BCUT2D eigenvalue weighted by Crippen LogP contribution is 2.33. The van der Waals surface area contributed by atoms with Crippen LogP contribution in [-0.4, -0.2) is 29.1 Å². The van der Waals surface area contributed by atoms with Crippen molar-refractivity contribution in [2.45, 2.75) is 31.4 Å². The SMILES string of the molecule is NC(=NO)C(NC(=O)C1Cc2ccccc2O1)C1CC1. The maximum absolute atomic E-state index is 12.2. The van der Waals surface area contributed by atoms with Gasteiger partial charge in [0.15, 0.2) is 11.9 Å². The van der Waals surface area contributed by atoms with Gasteiger partial charge in [-0.05, 0) is 30.4 Å². The van der Waals surface area contributed by atoms with Crippen molar-refractivity contribution in [1.82, 2.24) is 5.32 Å². The number of hydrogen-bond donors (Lipinski definition) is 3. The quantitative estimate of drug-likeness (QED) is 0.325. The van der Waals surface area contributed by atoms with Crippen molar-refractivity contribution in [2.24, 2.45) is 16.8 Å². The lowest BCUT2D eigenvalue weighted by Gasteiger charge is -2.19. The second-order valence-corrected chi connectivity index (χ2v) is 5.27. The maximum atomic E-state index is 12.2. The summed E-state index contributed by atoms with van der Waals surface area (Å²) in [7, 11) is 0. The molecule has 1 fully saturated rings. The highest BCUT2D eigenvalue weighted by molar-refractivity contribution is 5.92. The fraction of sp³-hybridized carbons (Fsp3) is 0.429. The summed E-state index contributed by atoms with van der Waals surface area (Å²) in [6, 6.07) is 7.20. The minimum Gasteiger partial charge on any atom is -0.480 e. The fourth-order valence-corrected chi connectivity index (χ4v) is 2.50. The van der Waals surface area contributed by atoms with Crippen molar-refractivity contribution in [3.63, 3.8) is 0 Å². The number of amides is 1. The van der Waals surface area contributed by atoms with Gasteiger partial charge in [-0.3, -0.25) is 4.79 Å². The van der Waals surface area contributed by atoms with Crippen molar-refractivity contribution in [3.8, 4) is 5.75 Å². The van der Waals surface area contributed by atoms with Crippen molar-refractivity contribution < 1.29 is 14.7 Å². The summed E-state index contributed by atoms with van der Waals surface area (Å²) in [4.78, 5) is 12.2. The van der Waals surface area contributed by atoms with E-state index in [0.29, 0.717) is 6.42 Å². The van der Waals surface area contributed by atoms with Crippen LogP contribution in [-0.2, 0) is 11.2 Å². The molecule has 1 amide bonds. The molecule has 4 N–H and O–H groups in total. The van der Waals surface area contributed by atoms with Gasteiger partial charge >= 0.3 is 0 Å². The molecule has 0 radical (unpaired) electrons. The first-order valence-electron chi connectivity index (χ1n) is 6.71. The number of carbonyl (C=O) groups excluding carboxylic acids is 1. The number of hydrogen-bond acceptors (Lipinski definition) is 4. The van der Waals surface area contributed by atoms with E-state index in [1.165, 1.54) is 0 Å². The van der Waals surface area contributed by atoms with E-state index in [1.54, 1.807) is 0 Å². The molecule has 1 aromatic rings. The third kappa shape index (κ3) is 2.41. The van der Waals surface area contributed by atoms with E-state index in [0.717, 1.165) is 24.2 Å². The number of rotatable bonds is 4. The smallest absolute Gasteiger partial charge is 0.262 e. The van der Waals surface area contributed by atoms with Gasteiger partial charge in [-0.25, -0.2) is 0 Å². The van der Waals surface area contributed by atoms with Crippen LogP contribution in [0, 0.1) is 5.92 Å². The number of benzene rings is 1. The highest BCUT2D eigenvalue weighted by Gasteiger charge is 2.38. The van der Waals surface area contributed by atoms with Gasteiger partial charge < -0.3 is 21.0 Å². The molecular weight excluding hydrogens is 258 g/mol. The Morgan fingerprint density at radius 3 is 2.85 bits per heavy atom. The second-order valence-electron chi connectivity index (χ2n) is 5.27. The first-order valence-corrected chi connectivity index (χ1v) is 6.71. The molecule has 1 aliphatic heterocycles.